The standard InChI is InChI=1S/C18H23NO2/c1-15(17-10-6-3-7-11-17)19-12-18(20)14-21-13-16-8-4-2-5-9-16/h2-11,15,18-20H,12-14H2,1H3/t15-,18?/m1/s1. The van der Waals surface area contributed by atoms with Crippen LogP contribution in [0.3, 0.4) is 0 Å². The van der Waals surface area contributed by atoms with Gasteiger partial charge in [0.25, 0.3) is 0 Å². The summed E-state index contributed by atoms with van der Waals surface area (Å²) in [6.07, 6.45) is -0.500. The van der Waals surface area contributed by atoms with Crippen molar-refractivity contribution in [2.24, 2.45) is 0 Å². The Hall–Kier alpha value is -1.68. The van der Waals surface area contributed by atoms with Crippen molar-refractivity contribution < 1.29 is 9.84 Å². The van der Waals surface area contributed by atoms with Crippen LogP contribution in [-0.4, -0.2) is 24.4 Å². The van der Waals surface area contributed by atoms with Crippen molar-refractivity contribution in [2.75, 3.05) is 13.2 Å². The Balaban J connectivity index is 1.64. The highest BCUT2D eigenvalue weighted by Gasteiger charge is 2.08. The third-order valence-electron chi connectivity index (χ3n) is 3.38. The van der Waals surface area contributed by atoms with Gasteiger partial charge in [-0.05, 0) is 18.1 Å². The molecule has 0 saturated heterocycles. The zero-order chi connectivity index (χ0) is 14.9. The van der Waals surface area contributed by atoms with Gasteiger partial charge in [0, 0.05) is 12.6 Å². The SMILES string of the molecule is C[C@@H](NCC(O)COCc1ccccc1)c1ccccc1. The van der Waals surface area contributed by atoms with Crippen LogP contribution >= 0.6 is 0 Å². The van der Waals surface area contributed by atoms with Gasteiger partial charge in [0.15, 0.2) is 0 Å². The van der Waals surface area contributed by atoms with E-state index in [0.29, 0.717) is 19.8 Å². The molecule has 2 N–H and O–H groups in total. The van der Waals surface area contributed by atoms with Crippen molar-refractivity contribution in [3.63, 3.8) is 0 Å². The van der Waals surface area contributed by atoms with Crippen LogP contribution < -0.4 is 5.32 Å². The molecule has 2 aromatic rings. The molecule has 0 bridgehead atoms. The molecule has 3 nitrogen and oxygen atoms in total. The minimum Gasteiger partial charge on any atom is -0.389 e. The van der Waals surface area contributed by atoms with E-state index in [9.17, 15) is 5.11 Å². The van der Waals surface area contributed by atoms with E-state index in [-0.39, 0.29) is 6.04 Å². The van der Waals surface area contributed by atoms with Crippen LogP contribution in [0.15, 0.2) is 60.7 Å². The Labute approximate surface area is 126 Å². The third kappa shape index (κ3) is 5.68. The van der Waals surface area contributed by atoms with Gasteiger partial charge < -0.3 is 15.2 Å². The highest BCUT2D eigenvalue weighted by atomic mass is 16.5. The van der Waals surface area contributed by atoms with Gasteiger partial charge in [-0.1, -0.05) is 60.7 Å². The first-order valence-corrected chi connectivity index (χ1v) is 7.34. The molecule has 0 aromatic heterocycles. The van der Waals surface area contributed by atoms with Crippen LogP contribution in [0, 0.1) is 0 Å². The molecule has 3 heteroatoms. The molecule has 0 saturated carbocycles. The quantitative estimate of drug-likeness (QED) is 0.783. The minimum atomic E-state index is -0.500. The van der Waals surface area contributed by atoms with E-state index < -0.39 is 6.10 Å². The molecule has 2 rings (SSSR count). The highest BCUT2D eigenvalue weighted by molar-refractivity contribution is 5.18. The maximum Gasteiger partial charge on any atom is 0.0898 e. The molecule has 2 atom stereocenters. The van der Waals surface area contributed by atoms with E-state index >= 15 is 0 Å². The molecular weight excluding hydrogens is 262 g/mol. The molecule has 0 fully saturated rings. The fourth-order valence-corrected chi connectivity index (χ4v) is 2.12. The number of benzene rings is 2. The lowest BCUT2D eigenvalue weighted by Gasteiger charge is -2.17. The van der Waals surface area contributed by atoms with Gasteiger partial charge in [0.05, 0.1) is 19.3 Å². The van der Waals surface area contributed by atoms with Gasteiger partial charge in [0.1, 0.15) is 0 Å². The summed E-state index contributed by atoms with van der Waals surface area (Å²) in [5.74, 6) is 0. The average Bonchev–Trinajstić information content (AvgIpc) is 2.54. The van der Waals surface area contributed by atoms with Gasteiger partial charge in [-0.25, -0.2) is 0 Å². The summed E-state index contributed by atoms with van der Waals surface area (Å²) in [6.45, 7) is 3.48. The van der Waals surface area contributed by atoms with Crippen LogP contribution in [-0.2, 0) is 11.3 Å². The van der Waals surface area contributed by atoms with Gasteiger partial charge in [0.2, 0.25) is 0 Å². The molecule has 0 radical (unpaired) electrons. The van der Waals surface area contributed by atoms with Crippen molar-refractivity contribution in [3.05, 3.63) is 71.8 Å². The molecule has 0 aliphatic carbocycles. The summed E-state index contributed by atoms with van der Waals surface area (Å²) < 4.78 is 5.53. The van der Waals surface area contributed by atoms with Gasteiger partial charge in [-0.3, -0.25) is 0 Å². The van der Waals surface area contributed by atoms with Crippen molar-refractivity contribution in [3.8, 4) is 0 Å². The topological polar surface area (TPSA) is 41.5 Å². The average molecular weight is 285 g/mol. The number of rotatable bonds is 8. The monoisotopic (exact) mass is 285 g/mol. The molecule has 0 aliphatic heterocycles. The van der Waals surface area contributed by atoms with E-state index in [1.807, 2.05) is 48.5 Å². The molecular formula is C18H23NO2. The predicted octanol–water partition coefficient (Wildman–Crippen LogP) is 2.91. The first-order valence-electron chi connectivity index (χ1n) is 7.34. The number of hydrogen-bond donors (Lipinski definition) is 2. The molecule has 0 aliphatic rings. The number of aliphatic hydroxyl groups excluding tert-OH is 1. The minimum absolute atomic E-state index is 0.218. The summed E-state index contributed by atoms with van der Waals surface area (Å²) in [5.41, 5.74) is 2.34. The normalized spacial score (nSPS) is 13.8. The van der Waals surface area contributed by atoms with E-state index in [1.165, 1.54) is 5.56 Å². The predicted molar refractivity (Wildman–Crippen MR) is 85.0 cm³/mol. The summed E-state index contributed by atoms with van der Waals surface area (Å²) >= 11 is 0. The van der Waals surface area contributed by atoms with Gasteiger partial charge >= 0.3 is 0 Å². The Morgan fingerprint density at radius 3 is 2.29 bits per heavy atom. The van der Waals surface area contributed by atoms with Crippen LogP contribution in [0.1, 0.15) is 24.1 Å². The van der Waals surface area contributed by atoms with Crippen LogP contribution in [0.25, 0.3) is 0 Å². The lowest BCUT2D eigenvalue weighted by atomic mass is 10.1. The lowest BCUT2D eigenvalue weighted by molar-refractivity contribution is 0.0278. The van der Waals surface area contributed by atoms with E-state index in [0.717, 1.165) is 5.56 Å². The van der Waals surface area contributed by atoms with E-state index in [1.54, 1.807) is 0 Å². The molecule has 1 unspecified atom stereocenters. The fraction of sp³-hybridized carbons (Fsp3) is 0.333. The second-order valence-corrected chi connectivity index (χ2v) is 5.20. The molecule has 0 amide bonds. The second-order valence-electron chi connectivity index (χ2n) is 5.20. The first kappa shape index (κ1) is 15.7. The van der Waals surface area contributed by atoms with Gasteiger partial charge in [-0.15, -0.1) is 0 Å². The van der Waals surface area contributed by atoms with Crippen LogP contribution in [0.5, 0.6) is 0 Å². The van der Waals surface area contributed by atoms with Crippen molar-refractivity contribution >= 4 is 0 Å². The number of nitrogens with one attached hydrogen (secondary N) is 1. The summed E-state index contributed by atoms with van der Waals surface area (Å²) in [4.78, 5) is 0. The van der Waals surface area contributed by atoms with Crippen LogP contribution in [0.2, 0.25) is 0 Å². The Kier molecular flexibility index (Phi) is 6.41. The summed E-state index contributed by atoms with van der Waals surface area (Å²) in [6, 6.07) is 20.4. The Morgan fingerprint density at radius 2 is 1.62 bits per heavy atom. The first-order chi connectivity index (χ1) is 10.3. The van der Waals surface area contributed by atoms with Crippen molar-refractivity contribution in [1.29, 1.82) is 0 Å². The maximum absolute atomic E-state index is 9.94. The Morgan fingerprint density at radius 1 is 1.00 bits per heavy atom. The molecule has 0 heterocycles. The lowest BCUT2D eigenvalue weighted by Crippen LogP contribution is -2.32. The molecule has 0 spiro atoms. The smallest absolute Gasteiger partial charge is 0.0898 e. The van der Waals surface area contributed by atoms with Crippen molar-refractivity contribution in [2.45, 2.75) is 25.7 Å². The molecule has 2 aromatic carbocycles. The molecule has 112 valence electrons. The number of ether oxygens (including phenoxy) is 1. The van der Waals surface area contributed by atoms with E-state index in [4.69, 9.17) is 4.74 Å². The van der Waals surface area contributed by atoms with Crippen LogP contribution in [0.4, 0.5) is 0 Å². The fourth-order valence-electron chi connectivity index (χ4n) is 2.12. The summed E-state index contributed by atoms with van der Waals surface area (Å²) in [7, 11) is 0. The second kappa shape index (κ2) is 8.57. The zero-order valence-corrected chi connectivity index (χ0v) is 12.4. The summed E-state index contributed by atoms with van der Waals surface area (Å²) in [5, 5.41) is 13.3. The van der Waals surface area contributed by atoms with Gasteiger partial charge in [-0.2, -0.15) is 0 Å². The van der Waals surface area contributed by atoms with E-state index in [2.05, 4.69) is 24.4 Å². The Bertz CT molecular complexity index is 501. The highest BCUT2D eigenvalue weighted by Crippen LogP contribution is 2.10. The number of aliphatic hydroxyl groups is 1. The molecule has 21 heavy (non-hydrogen) atoms. The van der Waals surface area contributed by atoms with Crippen molar-refractivity contribution in [1.82, 2.24) is 5.32 Å². The third-order valence-corrected chi connectivity index (χ3v) is 3.38. The number of hydrogen-bond acceptors (Lipinski definition) is 3. The zero-order valence-electron chi connectivity index (χ0n) is 12.4. The maximum atomic E-state index is 9.94. The largest absolute Gasteiger partial charge is 0.389 e.